The summed E-state index contributed by atoms with van der Waals surface area (Å²) in [7, 11) is 2.08. The summed E-state index contributed by atoms with van der Waals surface area (Å²) in [4.78, 5) is 4.46. The van der Waals surface area contributed by atoms with Gasteiger partial charge in [-0.2, -0.15) is 0 Å². The van der Waals surface area contributed by atoms with E-state index in [0.717, 1.165) is 13.0 Å². The molecule has 1 aromatic rings. The number of aromatic nitrogens is 2. The number of nitrogens with zero attached hydrogens (tertiary/aromatic N) is 2. The molecule has 0 bridgehead atoms. The third-order valence-electron chi connectivity index (χ3n) is 2.78. The molecule has 1 aliphatic heterocycles. The van der Waals surface area contributed by atoms with Crippen molar-refractivity contribution in [2.75, 3.05) is 6.54 Å². The van der Waals surface area contributed by atoms with Crippen molar-refractivity contribution < 1.29 is 0 Å². The van der Waals surface area contributed by atoms with Crippen LogP contribution in [0.2, 0.25) is 0 Å². The van der Waals surface area contributed by atoms with E-state index < -0.39 is 0 Å². The molecule has 0 saturated heterocycles. The van der Waals surface area contributed by atoms with Crippen LogP contribution < -0.4 is 5.32 Å². The van der Waals surface area contributed by atoms with Crippen molar-refractivity contribution in [2.24, 2.45) is 13.0 Å². The number of aryl methyl sites for hydroxylation is 1. The Balaban J connectivity index is 2.38. The van der Waals surface area contributed by atoms with E-state index in [-0.39, 0.29) is 0 Å². The Morgan fingerprint density at radius 1 is 1.62 bits per heavy atom. The minimum Gasteiger partial charge on any atom is -0.337 e. The second kappa shape index (κ2) is 3.14. The Hall–Kier alpha value is -0.830. The molecule has 1 aliphatic rings. The number of hydrogen-bond donors (Lipinski definition) is 1. The summed E-state index contributed by atoms with van der Waals surface area (Å²) in [6.45, 7) is 5.55. The van der Waals surface area contributed by atoms with Gasteiger partial charge >= 0.3 is 0 Å². The first-order valence-electron chi connectivity index (χ1n) is 4.93. The van der Waals surface area contributed by atoms with E-state index in [4.69, 9.17) is 0 Å². The van der Waals surface area contributed by atoms with E-state index in [2.05, 4.69) is 35.8 Å². The van der Waals surface area contributed by atoms with E-state index in [9.17, 15) is 0 Å². The molecule has 0 aliphatic carbocycles. The van der Waals surface area contributed by atoms with Gasteiger partial charge in [0, 0.05) is 25.7 Å². The fourth-order valence-electron chi connectivity index (χ4n) is 2.03. The van der Waals surface area contributed by atoms with Crippen LogP contribution in [-0.2, 0) is 13.5 Å². The lowest BCUT2D eigenvalue weighted by atomic mass is 9.95. The molecule has 0 saturated carbocycles. The van der Waals surface area contributed by atoms with Crippen LogP contribution in [-0.4, -0.2) is 16.1 Å². The summed E-state index contributed by atoms with van der Waals surface area (Å²) in [6.07, 6.45) is 3.03. The molecule has 0 fully saturated rings. The molecule has 3 nitrogen and oxygen atoms in total. The normalized spacial score (nSPS) is 22.0. The van der Waals surface area contributed by atoms with Gasteiger partial charge in [-0.15, -0.1) is 0 Å². The summed E-state index contributed by atoms with van der Waals surface area (Å²) < 4.78 is 2.14. The van der Waals surface area contributed by atoms with E-state index in [1.807, 2.05) is 6.33 Å². The van der Waals surface area contributed by atoms with Crippen LogP contribution >= 0.6 is 0 Å². The van der Waals surface area contributed by atoms with Gasteiger partial charge in [0.25, 0.3) is 0 Å². The molecule has 2 heterocycles. The first-order valence-corrected chi connectivity index (χ1v) is 4.93. The van der Waals surface area contributed by atoms with Crippen LogP contribution in [0, 0.1) is 5.92 Å². The van der Waals surface area contributed by atoms with Gasteiger partial charge in [-0.1, -0.05) is 13.8 Å². The highest BCUT2D eigenvalue weighted by atomic mass is 15.1. The summed E-state index contributed by atoms with van der Waals surface area (Å²) in [5.41, 5.74) is 2.65. The molecule has 1 atom stereocenters. The molecule has 1 N–H and O–H groups in total. The van der Waals surface area contributed by atoms with E-state index in [1.54, 1.807) is 0 Å². The van der Waals surface area contributed by atoms with E-state index in [0.29, 0.717) is 12.0 Å². The Morgan fingerprint density at radius 3 is 3.08 bits per heavy atom. The van der Waals surface area contributed by atoms with Crippen molar-refractivity contribution in [3.63, 3.8) is 0 Å². The lowest BCUT2D eigenvalue weighted by molar-refractivity contribution is 0.384. The molecule has 0 spiro atoms. The van der Waals surface area contributed by atoms with Crippen LogP contribution in [0.5, 0.6) is 0 Å². The number of rotatable bonds is 1. The molecule has 2 rings (SSSR count). The maximum Gasteiger partial charge on any atom is 0.0949 e. The molecule has 1 unspecified atom stereocenters. The van der Waals surface area contributed by atoms with Crippen LogP contribution in [0.4, 0.5) is 0 Å². The van der Waals surface area contributed by atoms with Gasteiger partial charge in [-0.25, -0.2) is 4.98 Å². The Kier molecular flexibility index (Phi) is 2.12. The standard InChI is InChI=1S/C10H17N3/c1-7(2)9-10-8(4-5-11-9)13(3)6-12-10/h6-7,9,11H,4-5H2,1-3H3. The summed E-state index contributed by atoms with van der Waals surface area (Å²) in [5.74, 6) is 0.619. The average molecular weight is 179 g/mol. The number of imidazole rings is 1. The predicted octanol–water partition coefficient (Wildman–Crippen LogP) is 1.26. The van der Waals surface area contributed by atoms with Crippen molar-refractivity contribution in [3.8, 4) is 0 Å². The summed E-state index contributed by atoms with van der Waals surface area (Å²) in [6, 6.07) is 0.449. The van der Waals surface area contributed by atoms with Crippen molar-refractivity contribution in [1.29, 1.82) is 0 Å². The smallest absolute Gasteiger partial charge is 0.0949 e. The zero-order chi connectivity index (χ0) is 9.42. The van der Waals surface area contributed by atoms with Gasteiger partial charge in [-0.3, -0.25) is 0 Å². The molecule has 72 valence electrons. The second-order valence-corrected chi connectivity index (χ2v) is 4.11. The quantitative estimate of drug-likeness (QED) is 0.703. The first-order chi connectivity index (χ1) is 6.20. The van der Waals surface area contributed by atoms with Gasteiger partial charge < -0.3 is 9.88 Å². The van der Waals surface area contributed by atoms with Crippen molar-refractivity contribution in [1.82, 2.24) is 14.9 Å². The molecule has 13 heavy (non-hydrogen) atoms. The molecule has 1 aromatic heterocycles. The molecule has 0 aromatic carbocycles. The Labute approximate surface area is 79.2 Å². The third kappa shape index (κ3) is 1.37. The van der Waals surface area contributed by atoms with Gasteiger partial charge in [0.1, 0.15) is 0 Å². The highest BCUT2D eigenvalue weighted by molar-refractivity contribution is 5.21. The topological polar surface area (TPSA) is 29.9 Å². The van der Waals surface area contributed by atoms with E-state index in [1.165, 1.54) is 11.4 Å². The second-order valence-electron chi connectivity index (χ2n) is 4.11. The third-order valence-corrected chi connectivity index (χ3v) is 2.78. The largest absolute Gasteiger partial charge is 0.337 e. The van der Waals surface area contributed by atoms with Gasteiger partial charge in [0.05, 0.1) is 18.1 Å². The van der Waals surface area contributed by atoms with Crippen LogP contribution in [0.3, 0.4) is 0 Å². The zero-order valence-electron chi connectivity index (χ0n) is 8.54. The Bertz CT molecular complexity index is 301. The predicted molar refractivity (Wildman–Crippen MR) is 52.5 cm³/mol. The molecule has 3 heteroatoms. The monoisotopic (exact) mass is 179 g/mol. The average Bonchev–Trinajstić information content (AvgIpc) is 2.48. The summed E-state index contributed by atoms with van der Waals surface area (Å²) in [5, 5.41) is 3.51. The Morgan fingerprint density at radius 2 is 2.38 bits per heavy atom. The maximum absolute atomic E-state index is 4.46. The molecule has 0 amide bonds. The fourth-order valence-corrected chi connectivity index (χ4v) is 2.03. The maximum atomic E-state index is 4.46. The fraction of sp³-hybridized carbons (Fsp3) is 0.700. The number of fused-ring (bicyclic) bond motifs is 1. The van der Waals surface area contributed by atoms with Crippen LogP contribution in [0.1, 0.15) is 31.3 Å². The zero-order valence-corrected chi connectivity index (χ0v) is 8.54. The van der Waals surface area contributed by atoms with Gasteiger partial charge in [0.15, 0.2) is 0 Å². The molecular formula is C10H17N3. The highest BCUT2D eigenvalue weighted by Gasteiger charge is 2.25. The number of hydrogen-bond acceptors (Lipinski definition) is 2. The van der Waals surface area contributed by atoms with E-state index >= 15 is 0 Å². The number of nitrogens with one attached hydrogen (secondary N) is 1. The molecule has 0 radical (unpaired) electrons. The minimum atomic E-state index is 0.449. The first kappa shape index (κ1) is 8.75. The lowest BCUT2D eigenvalue weighted by Gasteiger charge is -2.26. The van der Waals surface area contributed by atoms with Crippen molar-refractivity contribution in [3.05, 3.63) is 17.7 Å². The summed E-state index contributed by atoms with van der Waals surface area (Å²) >= 11 is 0. The van der Waals surface area contributed by atoms with Crippen molar-refractivity contribution >= 4 is 0 Å². The highest BCUT2D eigenvalue weighted by Crippen LogP contribution is 2.26. The minimum absolute atomic E-state index is 0.449. The SMILES string of the molecule is CC(C)C1NCCc2c1ncn2C. The lowest BCUT2D eigenvalue weighted by Crippen LogP contribution is -2.33. The van der Waals surface area contributed by atoms with Gasteiger partial charge in [0.2, 0.25) is 0 Å². The molecular weight excluding hydrogens is 162 g/mol. The van der Waals surface area contributed by atoms with Crippen LogP contribution in [0.15, 0.2) is 6.33 Å². The van der Waals surface area contributed by atoms with Gasteiger partial charge in [-0.05, 0) is 5.92 Å². The van der Waals surface area contributed by atoms with Crippen LogP contribution in [0.25, 0.3) is 0 Å². The van der Waals surface area contributed by atoms with Crippen molar-refractivity contribution in [2.45, 2.75) is 26.3 Å².